The number of hydrogen-bond acceptors (Lipinski definition) is 5. The standard InChI is InChI=1S/C14H17ClN2O4/c15-11-1-3-12(4-2-11)16-5-7-17(8-6-16)13(18)9-21-10-14(19)20/h1-4H,5-10H2,(H,19,20)/p-1. The number of aliphatic carboxylic acids is 1. The molecule has 1 amide bonds. The number of hydrogen-bond donors (Lipinski definition) is 0. The lowest BCUT2D eigenvalue weighted by Gasteiger charge is -2.36. The molecule has 0 radical (unpaired) electrons. The van der Waals surface area contributed by atoms with Gasteiger partial charge in [-0.2, -0.15) is 0 Å². The van der Waals surface area contributed by atoms with E-state index in [1.165, 1.54) is 0 Å². The SMILES string of the molecule is O=C([O-])COCC(=O)N1CCN(c2ccc(Cl)cc2)CC1. The van der Waals surface area contributed by atoms with Gasteiger partial charge in [-0.15, -0.1) is 0 Å². The van der Waals surface area contributed by atoms with Crippen LogP contribution in [-0.4, -0.2) is 56.2 Å². The normalized spacial score (nSPS) is 15.1. The Morgan fingerprint density at radius 2 is 1.71 bits per heavy atom. The average molecular weight is 312 g/mol. The highest BCUT2D eigenvalue weighted by atomic mass is 35.5. The van der Waals surface area contributed by atoms with Gasteiger partial charge in [0.25, 0.3) is 0 Å². The fourth-order valence-electron chi connectivity index (χ4n) is 2.18. The summed E-state index contributed by atoms with van der Waals surface area (Å²) in [4.78, 5) is 25.9. The molecule has 1 aromatic rings. The van der Waals surface area contributed by atoms with E-state index in [-0.39, 0.29) is 12.5 Å². The highest BCUT2D eigenvalue weighted by Crippen LogP contribution is 2.19. The third-order valence-electron chi connectivity index (χ3n) is 3.27. The van der Waals surface area contributed by atoms with Crippen molar-refractivity contribution < 1.29 is 19.4 Å². The van der Waals surface area contributed by atoms with Crippen LogP contribution in [0.4, 0.5) is 5.69 Å². The Morgan fingerprint density at radius 1 is 1.10 bits per heavy atom. The first kappa shape index (κ1) is 15.6. The maximum atomic E-state index is 11.8. The molecule has 1 aromatic carbocycles. The van der Waals surface area contributed by atoms with Crippen molar-refractivity contribution in [3.8, 4) is 0 Å². The summed E-state index contributed by atoms with van der Waals surface area (Å²) >= 11 is 5.85. The first-order valence-corrected chi connectivity index (χ1v) is 7.00. The summed E-state index contributed by atoms with van der Waals surface area (Å²) in [6, 6.07) is 7.57. The number of benzene rings is 1. The highest BCUT2D eigenvalue weighted by Gasteiger charge is 2.21. The Kier molecular flexibility index (Phi) is 5.41. The molecule has 1 aliphatic rings. The number of halogens is 1. The van der Waals surface area contributed by atoms with Crippen molar-refractivity contribution in [3.05, 3.63) is 29.3 Å². The zero-order valence-corrected chi connectivity index (χ0v) is 12.2. The lowest BCUT2D eigenvalue weighted by Crippen LogP contribution is -2.50. The average Bonchev–Trinajstić information content (AvgIpc) is 2.48. The number of amides is 1. The van der Waals surface area contributed by atoms with Crippen LogP contribution in [0.15, 0.2) is 24.3 Å². The number of carbonyl (C=O) groups excluding carboxylic acids is 2. The monoisotopic (exact) mass is 311 g/mol. The lowest BCUT2D eigenvalue weighted by molar-refractivity contribution is -0.309. The van der Waals surface area contributed by atoms with Gasteiger partial charge in [0.05, 0.1) is 12.6 Å². The third kappa shape index (κ3) is 4.61. The second-order valence-corrected chi connectivity index (χ2v) is 5.15. The van der Waals surface area contributed by atoms with Crippen molar-refractivity contribution in [1.29, 1.82) is 0 Å². The lowest BCUT2D eigenvalue weighted by atomic mass is 10.2. The molecule has 1 aliphatic heterocycles. The second kappa shape index (κ2) is 7.28. The molecule has 6 nitrogen and oxygen atoms in total. The van der Waals surface area contributed by atoms with Gasteiger partial charge in [0.15, 0.2) is 0 Å². The van der Waals surface area contributed by atoms with Crippen molar-refractivity contribution in [3.63, 3.8) is 0 Å². The van der Waals surface area contributed by atoms with Gasteiger partial charge in [-0.1, -0.05) is 11.6 Å². The number of anilines is 1. The molecule has 21 heavy (non-hydrogen) atoms. The first-order chi connectivity index (χ1) is 10.1. The fourth-order valence-corrected chi connectivity index (χ4v) is 2.30. The minimum absolute atomic E-state index is 0.202. The molecular weight excluding hydrogens is 296 g/mol. The van der Waals surface area contributed by atoms with E-state index in [0.717, 1.165) is 5.69 Å². The van der Waals surface area contributed by atoms with E-state index < -0.39 is 12.6 Å². The molecule has 0 saturated carbocycles. The minimum Gasteiger partial charge on any atom is -0.548 e. The smallest absolute Gasteiger partial charge is 0.248 e. The fraction of sp³-hybridized carbons (Fsp3) is 0.429. The third-order valence-corrected chi connectivity index (χ3v) is 3.52. The van der Waals surface area contributed by atoms with Gasteiger partial charge < -0.3 is 24.4 Å². The molecule has 1 fully saturated rings. The molecule has 7 heteroatoms. The molecule has 0 bridgehead atoms. The summed E-state index contributed by atoms with van der Waals surface area (Å²) in [6.07, 6.45) is 0. The van der Waals surface area contributed by atoms with E-state index in [1.54, 1.807) is 4.90 Å². The Morgan fingerprint density at radius 3 is 2.29 bits per heavy atom. The number of carboxylic acid groups (broad SMARTS) is 1. The van der Waals surface area contributed by atoms with Crippen molar-refractivity contribution >= 4 is 29.2 Å². The van der Waals surface area contributed by atoms with E-state index in [0.29, 0.717) is 31.2 Å². The molecule has 0 spiro atoms. The summed E-state index contributed by atoms with van der Waals surface area (Å²) in [6.45, 7) is 1.80. The van der Waals surface area contributed by atoms with Crippen LogP contribution in [0.3, 0.4) is 0 Å². The summed E-state index contributed by atoms with van der Waals surface area (Å²) in [5, 5.41) is 10.9. The van der Waals surface area contributed by atoms with Gasteiger partial charge in [0.1, 0.15) is 6.61 Å². The largest absolute Gasteiger partial charge is 0.548 e. The number of nitrogens with zero attached hydrogens (tertiary/aromatic N) is 2. The van der Waals surface area contributed by atoms with Gasteiger partial charge in [0.2, 0.25) is 5.91 Å². The zero-order chi connectivity index (χ0) is 15.2. The topological polar surface area (TPSA) is 72.9 Å². The number of carboxylic acids is 1. The van der Waals surface area contributed by atoms with Crippen LogP contribution in [0.25, 0.3) is 0 Å². The molecule has 2 rings (SSSR count). The van der Waals surface area contributed by atoms with Gasteiger partial charge in [-0.3, -0.25) is 4.79 Å². The Hall–Kier alpha value is -1.79. The van der Waals surface area contributed by atoms with Gasteiger partial charge >= 0.3 is 0 Å². The van der Waals surface area contributed by atoms with Crippen molar-refractivity contribution in [2.24, 2.45) is 0 Å². The molecule has 1 heterocycles. The molecule has 0 N–H and O–H groups in total. The predicted octanol–water partition coefficient (Wildman–Crippen LogP) is -0.245. The van der Waals surface area contributed by atoms with Gasteiger partial charge in [0, 0.05) is 36.9 Å². The van der Waals surface area contributed by atoms with Crippen LogP contribution in [0, 0.1) is 0 Å². The zero-order valence-electron chi connectivity index (χ0n) is 11.5. The van der Waals surface area contributed by atoms with Crippen molar-refractivity contribution in [2.75, 3.05) is 44.3 Å². The van der Waals surface area contributed by atoms with Crippen LogP contribution < -0.4 is 10.0 Å². The molecular formula is C14H16ClN2O4-. The highest BCUT2D eigenvalue weighted by molar-refractivity contribution is 6.30. The van der Waals surface area contributed by atoms with E-state index in [4.69, 9.17) is 16.3 Å². The number of rotatable bonds is 5. The Balaban J connectivity index is 1.78. The van der Waals surface area contributed by atoms with Gasteiger partial charge in [-0.25, -0.2) is 0 Å². The molecule has 0 atom stereocenters. The number of piperazine rings is 1. The Bertz CT molecular complexity index is 498. The van der Waals surface area contributed by atoms with Crippen LogP contribution in [-0.2, 0) is 14.3 Å². The summed E-state index contributed by atoms with van der Waals surface area (Å²) in [5.41, 5.74) is 1.07. The van der Waals surface area contributed by atoms with E-state index in [1.807, 2.05) is 24.3 Å². The summed E-state index contributed by atoms with van der Waals surface area (Å²) in [5.74, 6) is -1.53. The minimum atomic E-state index is -1.32. The number of carbonyl (C=O) groups is 2. The number of ether oxygens (including phenoxy) is 1. The summed E-state index contributed by atoms with van der Waals surface area (Å²) < 4.78 is 4.75. The molecule has 1 saturated heterocycles. The maximum Gasteiger partial charge on any atom is 0.248 e. The van der Waals surface area contributed by atoms with Crippen LogP contribution >= 0.6 is 11.6 Å². The maximum absolute atomic E-state index is 11.8. The quantitative estimate of drug-likeness (QED) is 0.750. The predicted molar refractivity (Wildman–Crippen MR) is 76.1 cm³/mol. The molecule has 114 valence electrons. The van der Waals surface area contributed by atoms with Crippen LogP contribution in [0.5, 0.6) is 0 Å². The van der Waals surface area contributed by atoms with Crippen molar-refractivity contribution in [2.45, 2.75) is 0 Å². The Labute approximate surface area is 127 Å². The van der Waals surface area contributed by atoms with Crippen LogP contribution in [0.1, 0.15) is 0 Å². The van der Waals surface area contributed by atoms with E-state index in [2.05, 4.69) is 4.90 Å². The second-order valence-electron chi connectivity index (χ2n) is 4.71. The summed E-state index contributed by atoms with van der Waals surface area (Å²) in [7, 11) is 0. The van der Waals surface area contributed by atoms with Gasteiger partial charge in [-0.05, 0) is 24.3 Å². The van der Waals surface area contributed by atoms with Crippen LogP contribution in [0.2, 0.25) is 5.02 Å². The van der Waals surface area contributed by atoms with E-state index in [9.17, 15) is 14.7 Å². The molecule has 0 unspecified atom stereocenters. The van der Waals surface area contributed by atoms with Crippen molar-refractivity contribution in [1.82, 2.24) is 4.90 Å². The van der Waals surface area contributed by atoms with E-state index >= 15 is 0 Å². The molecule has 0 aromatic heterocycles. The molecule has 0 aliphatic carbocycles. The first-order valence-electron chi connectivity index (χ1n) is 6.62.